The number of nitrogens with two attached hydrogens (primary N) is 1. The van der Waals surface area contributed by atoms with Crippen LogP contribution in [0, 0.1) is 34.5 Å². The number of aromatic nitrogens is 8. The van der Waals surface area contributed by atoms with Gasteiger partial charge in [-0.25, -0.2) is 19.9 Å². The normalized spacial score (nSPS) is 19.2. The molecule has 2 saturated carbocycles. The number of aryl methyl sites for hydroxylation is 2. The Hall–Kier alpha value is -4.71. The van der Waals surface area contributed by atoms with Crippen molar-refractivity contribution in [2.75, 3.05) is 54.8 Å². The van der Waals surface area contributed by atoms with E-state index in [1.165, 1.54) is 0 Å². The Morgan fingerprint density at radius 2 is 1.16 bits per heavy atom. The molecule has 0 spiro atoms. The van der Waals surface area contributed by atoms with Crippen molar-refractivity contribution in [3.05, 3.63) is 41.1 Å². The zero-order valence-electron chi connectivity index (χ0n) is 31.8. The molecule has 2 atom stereocenters. The zero-order chi connectivity index (χ0) is 41.0. The molecular weight excluding hydrogens is 844 g/mol. The van der Waals surface area contributed by atoms with E-state index in [0.717, 1.165) is 49.9 Å². The standard InChI is InChI=1S/C18H20ClN7O.C18H22N8O.2ClH.Cu/c1-11-9-25(5-6-26(11)18(27)12-3-4-12)17-14(7-20)15(19)22-16(23-17)13-8-21-24(2)10-13;1-11-9-25(5-6-26(11)18(27)12-3-4-12)17-14(7-19)15(20)22-16(23-17)13-8-21-24(2)10-13;;;/h8,10-12H,3-6,9H2,1-2H3;8,10-12H,3-6,9H2,1-2H3,(H2,20,22,23);2*1H;/q;;;;+2/p-2/t2*11-;;;/m11.../s1. The van der Waals surface area contributed by atoms with Gasteiger partial charge in [0.05, 0.1) is 23.5 Å². The molecule has 57 heavy (non-hydrogen) atoms. The van der Waals surface area contributed by atoms with Gasteiger partial charge in [-0.2, -0.15) is 20.7 Å². The summed E-state index contributed by atoms with van der Waals surface area (Å²) in [7, 11) is 13.0. The van der Waals surface area contributed by atoms with Crippen LogP contribution in [-0.4, -0.2) is 112 Å². The number of carbonyl (C=O) groups excluding carboxylic acids is 2. The van der Waals surface area contributed by atoms with E-state index in [1.54, 1.807) is 34.2 Å². The number of carbonyl (C=O) groups is 2. The van der Waals surface area contributed by atoms with Crippen LogP contribution in [0.15, 0.2) is 24.8 Å². The summed E-state index contributed by atoms with van der Waals surface area (Å²) in [4.78, 5) is 50.6. The molecule has 8 rings (SSSR count). The van der Waals surface area contributed by atoms with Gasteiger partial charge in [-0.3, -0.25) is 19.0 Å². The van der Waals surface area contributed by atoms with Gasteiger partial charge in [-0.1, -0.05) is 11.6 Å². The zero-order valence-corrected chi connectivity index (χ0v) is 35.0. The van der Waals surface area contributed by atoms with Gasteiger partial charge in [0.1, 0.15) is 29.1 Å². The number of hydrogen-bond acceptors (Lipinski definition) is 13. The van der Waals surface area contributed by atoms with E-state index in [9.17, 15) is 20.1 Å². The molecule has 0 radical (unpaired) electrons. The van der Waals surface area contributed by atoms with Crippen LogP contribution in [0.5, 0.6) is 0 Å². The molecule has 2 aliphatic heterocycles. The fourth-order valence-electron chi connectivity index (χ4n) is 6.97. The third-order valence-corrected chi connectivity index (χ3v) is 10.5. The number of nitrogen functional groups attached to an aromatic ring is 1. The molecule has 17 nitrogen and oxygen atoms in total. The first-order valence-corrected chi connectivity index (χ1v) is 21.3. The Morgan fingerprint density at radius 3 is 1.53 bits per heavy atom. The van der Waals surface area contributed by atoms with E-state index in [1.807, 2.05) is 47.5 Å². The second-order valence-electron chi connectivity index (χ2n) is 14.4. The molecule has 0 bridgehead atoms. The SMILES string of the molecule is C[C@@H]1CN(c2nc(-c3cnn(C)c3)nc(Cl)c2C#N)CCN1C(=O)C1CC1.C[C@@H]1CN(c2nc(-c3cnn(C)c3)nc(N)c2C#N)CCN1C(=O)C1CC1.[Cl][Cu][Cl]. The van der Waals surface area contributed by atoms with Gasteiger partial charge in [0.25, 0.3) is 0 Å². The third kappa shape index (κ3) is 9.71. The van der Waals surface area contributed by atoms with E-state index < -0.39 is 0 Å². The molecule has 4 aromatic heterocycles. The first-order valence-electron chi connectivity index (χ1n) is 18.3. The molecule has 4 aromatic rings. The molecular formula is C36H42Cl3CuN15O2. The number of halogens is 3. The van der Waals surface area contributed by atoms with Crippen molar-refractivity contribution in [2.24, 2.45) is 25.9 Å². The number of nitrogens with zero attached hydrogens (tertiary/aromatic N) is 14. The topological polar surface area (TPSA) is 208 Å². The summed E-state index contributed by atoms with van der Waals surface area (Å²) in [6, 6.07) is 4.35. The summed E-state index contributed by atoms with van der Waals surface area (Å²) in [6.07, 6.45) is 10.9. The van der Waals surface area contributed by atoms with E-state index in [-0.39, 0.29) is 57.8 Å². The van der Waals surface area contributed by atoms with Crippen LogP contribution in [0.4, 0.5) is 17.5 Å². The maximum atomic E-state index is 12.4. The Bertz CT molecular complexity index is 2040. The van der Waals surface area contributed by atoms with E-state index in [4.69, 9.17) is 17.3 Å². The molecule has 0 unspecified atom stereocenters. The number of anilines is 3. The predicted octanol–water partition coefficient (Wildman–Crippen LogP) is 4.00. The van der Waals surface area contributed by atoms with E-state index in [0.29, 0.717) is 62.6 Å². The molecule has 305 valence electrons. The molecule has 2 N–H and O–H groups in total. The first-order chi connectivity index (χ1) is 27.4. The number of piperazine rings is 2. The van der Waals surface area contributed by atoms with Crippen molar-refractivity contribution in [3.8, 4) is 34.9 Å². The number of amides is 2. The average Bonchev–Trinajstić information content (AvgIpc) is 4.13. The Balaban J connectivity index is 0.000000180. The Labute approximate surface area is 350 Å². The molecule has 2 amide bonds. The van der Waals surface area contributed by atoms with Gasteiger partial charge >= 0.3 is 33.3 Å². The van der Waals surface area contributed by atoms with Gasteiger partial charge in [0.15, 0.2) is 28.4 Å². The molecule has 0 aromatic carbocycles. The molecule has 21 heteroatoms. The predicted molar refractivity (Wildman–Crippen MR) is 211 cm³/mol. The summed E-state index contributed by atoms with van der Waals surface area (Å²) >= 11 is 7.04. The average molecular weight is 887 g/mol. The molecule has 4 fully saturated rings. The quantitative estimate of drug-likeness (QED) is 0.215. The van der Waals surface area contributed by atoms with Crippen molar-refractivity contribution >= 4 is 61.1 Å². The van der Waals surface area contributed by atoms with Gasteiger partial charge in [-0.05, 0) is 39.5 Å². The summed E-state index contributed by atoms with van der Waals surface area (Å²) in [5.41, 5.74) is 8.06. The molecule has 4 aliphatic rings. The third-order valence-electron chi connectivity index (χ3n) is 10.2. The first kappa shape index (κ1) is 41.9. The molecule has 2 aliphatic carbocycles. The van der Waals surface area contributed by atoms with Crippen LogP contribution in [-0.2, 0) is 36.8 Å². The molecule has 6 heterocycles. The van der Waals surface area contributed by atoms with Crippen LogP contribution in [0.1, 0.15) is 50.7 Å². The fourth-order valence-corrected chi connectivity index (χ4v) is 7.17. The Kier molecular flexibility index (Phi) is 13.4. The van der Waals surface area contributed by atoms with Crippen molar-refractivity contribution in [2.45, 2.75) is 51.6 Å². The number of hydrogen-bond donors (Lipinski definition) is 1. The second kappa shape index (κ2) is 18.3. The van der Waals surface area contributed by atoms with Crippen LogP contribution in [0.2, 0.25) is 5.15 Å². The van der Waals surface area contributed by atoms with Crippen LogP contribution < -0.4 is 15.5 Å². The summed E-state index contributed by atoms with van der Waals surface area (Å²) in [5, 5.41) is 27.5. The minimum atomic E-state index is 0.0500. The van der Waals surface area contributed by atoms with Crippen LogP contribution in [0.25, 0.3) is 22.8 Å². The van der Waals surface area contributed by atoms with Gasteiger partial charge in [0, 0.05) is 89.7 Å². The van der Waals surface area contributed by atoms with E-state index in [2.05, 4.69) is 62.5 Å². The Morgan fingerprint density at radius 1 is 0.737 bits per heavy atom. The second-order valence-corrected chi connectivity index (χ2v) is 16.4. The van der Waals surface area contributed by atoms with Crippen LogP contribution >= 0.6 is 31.8 Å². The summed E-state index contributed by atoms with van der Waals surface area (Å²) in [6.45, 7) is 7.73. The summed E-state index contributed by atoms with van der Waals surface area (Å²) in [5.74, 6) is 2.99. The minimum absolute atomic E-state index is 0.0500. The van der Waals surface area contributed by atoms with Gasteiger partial charge < -0.3 is 25.3 Å². The fraction of sp³-hybridized carbons (Fsp3) is 0.500. The maximum absolute atomic E-state index is 12.4. The van der Waals surface area contributed by atoms with Gasteiger partial charge in [-0.15, -0.1) is 0 Å². The monoisotopic (exact) mass is 884 g/mol. The van der Waals surface area contributed by atoms with E-state index >= 15 is 0 Å². The van der Waals surface area contributed by atoms with Gasteiger partial charge in [0.2, 0.25) is 11.8 Å². The molecule has 2 saturated heterocycles. The van der Waals surface area contributed by atoms with Crippen molar-refractivity contribution < 1.29 is 22.7 Å². The number of nitriles is 2. The number of rotatable bonds is 6. The van der Waals surface area contributed by atoms with Crippen molar-refractivity contribution in [1.29, 1.82) is 10.5 Å². The summed E-state index contributed by atoms with van der Waals surface area (Å²) < 4.78 is 3.33. The van der Waals surface area contributed by atoms with Crippen molar-refractivity contribution in [3.63, 3.8) is 0 Å². The van der Waals surface area contributed by atoms with Crippen LogP contribution in [0.3, 0.4) is 0 Å². The van der Waals surface area contributed by atoms with Crippen molar-refractivity contribution in [1.82, 2.24) is 49.3 Å².